The first-order valence-electron chi connectivity index (χ1n) is 8.59. The van der Waals surface area contributed by atoms with E-state index < -0.39 is 0 Å². The minimum absolute atomic E-state index is 0.162. The van der Waals surface area contributed by atoms with Gasteiger partial charge in [-0.3, -0.25) is 0 Å². The molecular formula is C21H18N4. The van der Waals surface area contributed by atoms with Gasteiger partial charge in [-0.1, -0.05) is 72.8 Å². The van der Waals surface area contributed by atoms with Gasteiger partial charge in [0.25, 0.3) is 0 Å². The largest absolute Gasteiger partial charge is 0.348 e. The van der Waals surface area contributed by atoms with Crippen molar-refractivity contribution in [3.05, 3.63) is 90.3 Å². The molecule has 1 N–H and O–H groups in total. The van der Waals surface area contributed by atoms with Crippen molar-refractivity contribution in [3.63, 3.8) is 0 Å². The quantitative estimate of drug-likeness (QED) is 0.586. The lowest BCUT2D eigenvalue weighted by molar-refractivity contribution is 0.433. The summed E-state index contributed by atoms with van der Waals surface area (Å²) in [5.74, 6) is 0.832. The van der Waals surface area contributed by atoms with Crippen LogP contribution in [0.5, 0.6) is 0 Å². The molecule has 4 aromatic rings. The van der Waals surface area contributed by atoms with Crippen LogP contribution in [0.3, 0.4) is 0 Å². The van der Waals surface area contributed by atoms with E-state index >= 15 is 0 Å². The second kappa shape index (κ2) is 5.74. The highest BCUT2D eigenvalue weighted by molar-refractivity contribution is 5.86. The zero-order valence-electron chi connectivity index (χ0n) is 13.7. The van der Waals surface area contributed by atoms with Gasteiger partial charge in [0, 0.05) is 0 Å². The summed E-state index contributed by atoms with van der Waals surface area (Å²) >= 11 is 0. The number of hydrogen-bond donors (Lipinski definition) is 1. The third-order valence-corrected chi connectivity index (χ3v) is 5.01. The number of nitrogens with zero attached hydrogens (tertiary/aromatic N) is 3. The van der Waals surface area contributed by atoms with Crippen LogP contribution in [0.15, 0.2) is 79.1 Å². The highest BCUT2D eigenvalue weighted by Crippen LogP contribution is 2.39. The number of rotatable bonds is 2. The molecular weight excluding hydrogens is 308 g/mol. The third-order valence-electron chi connectivity index (χ3n) is 5.01. The second-order valence-electron chi connectivity index (χ2n) is 6.46. The van der Waals surface area contributed by atoms with Crippen LogP contribution in [0, 0.1) is 0 Å². The number of benzene rings is 3. The predicted molar refractivity (Wildman–Crippen MR) is 99.5 cm³/mol. The topological polar surface area (TPSA) is 42.7 Å². The fourth-order valence-electron chi connectivity index (χ4n) is 3.82. The van der Waals surface area contributed by atoms with Crippen molar-refractivity contribution in [1.29, 1.82) is 0 Å². The molecule has 0 saturated carbocycles. The fourth-order valence-corrected chi connectivity index (χ4v) is 3.82. The maximum absolute atomic E-state index is 4.49. The zero-order chi connectivity index (χ0) is 16.6. The molecule has 0 amide bonds. The van der Waals surface area contributed by atoms with Crippen molar-refractivity contribution in [2.75, 3.05) is 5.32 Å². The Morgan fingerprint density at radius 2 is 1.68 bits per heavy atom. The van der Waals surface area contributed by atoms with Crippen molar-refractivity contribution in [3.8, 4) is 0 Å². The number of nitrogens with one attached hydrogen (secondary N) is 1. The van der Waals surface area contributed by atoms with Crippen LogP contribution in [0.2, 0.25) is 0 Å². The van der Waals surface area contributed by atoms with Gasteiger partial charge >= 0.3 is 0 Å². The highest BCUT2D eigenvalue weighted by Gasteiger charge is 2.30. The van der Waals surface area contributed by atoms with Crippen LogP contribution >= 0.6 is 0 Å². The van der Waals surface area contributed by atoms with E-state index in [1.54, 1.807) is 6.33 Å². The molecule has 0 spiro atoms. The summed E-state index contributed by atoms with van der Waals surface area (Å²) in [5.41, 5.74) is 2.58. The Hall–Kier alpha value is -3.14. The maximum Gasteiger partial charge on any atom is 0.222 e. The van der Waals surface area contributed by atoms with Gasteiger partial charge in [-0.05, 0) is 28.3 Å². The first kappa shape index (κ1) is 14.2. The molecule has 2 heterocycles. The molecule has 122 valence electrons. The van der Waals surface area contributed by atoms with Gasteiger partial charge in [-0.25, -0.2) is 4.68 Å². The van der Waals surface area contributed by atoms with Gasteiger partial charge in [0.15, 0.2) is 0 Å². The summed E-state index contributed by atoms with van der Waals surface area (Å²) in [6.45, 7) is 0. The minimum atomic E-state index is 0.162. The Morgan fingerprint density at radius 3 is 2.60 bits per heavy atom. The lowest BCUT2D eigenvalue weighted by Crippen LogP contribution is -2.28. The summed E-state index contributed by atoms with van der Waals surface area (Å²) in [6, 6.07) is 26.0. The first-order valence-corrected chi connectivity index (χ1v) is 8.59. The van der Waals surface area contributed by atoms with Gasteiger partial charge in [0.1, 0.15) is 6.33 Å². The van der Waals surface area contributed by atoms with Crippen LogP contribution in [-0.2, 0) is 0 Å². The van der Waals surface area contributed by atoms with Crippen LogP contribution < -0.4 is 5.32 Å². The molecule has 0 aliphatic carbocycles. The van der Waals surface area contributed by atoms with Crippen molar-refractivity contribution in [1.82, 2.24) is 14.8 Å². The van der Waals surface area contributed by atoms with Crippen LogP contribution in [0.25, 0.3) is 10.8 Å². The summed E-state index contributed by atoms with van der Waals surface area (Å²) in [6.07, 6.45) is 2.57. The monoisotopic (exact) mass is 326 g/mol. The van der Waals surface area contributed by atoms with Crippen LogP contribution in [0.1, 0.15) is 29.6 Å². The van der Waals surface area contributed by atoms with Crippen molar-refractivity contribution < 1.29 is 0 Å². The SMILES string of the molecule is c1ccc([C@@H]2C[C@H](c3cccc4ccccc34)n3ncnc3N2)cc1. The molecule has 4 nitrogen and oxygen atoms in total. The number of anilines is 1. The molecule has 5 rings (SSSR count). The molecule has 2 atom stereocenters. The van der Waals surface area contributed by atoms with Crippen LogP contribution in [0.4, 0.5) is 5.95 Å². The molecule has 1 aromatic heterocycles. The Kier molecular flexibility index (Phi) is 3.27. The maximum atomic E-state index is 4.49. The van der Waals surface area contributed by atoms with Crippen LogP contribution in [-0.4, -0.2) is 14.8 Å². The molecule has 0 saturated heterocycles. The summed E-state index contributed by atoms with van der Waals surface area (Å²) in [5, 5.41) is 10.6. The van der Waals surface area contributed by atoms with E-state index in [0.29, 0.717) is 0 Å². The lowest BCUT2D eigenvalue weighted by atomic mass is 9.90. The van der Waals surface area contributed by atoms with Gasteiger partial charge < -0.3 is 5.32 Å². The van der Waals surface area contributed by atoms with Gasteiger partial charge in [-0.2, -0.15) is 10.1 Å². The molecule has 4 heteroatoms. The van der Waals surface area contributed by atoms with E-state index in [1.807, 2.05) is 4.68 Å². The Labute approximate surface area is 146 Å². The van der Waals surface area contributed by atoms with E-state index in [-0.39, 0.29) is 12.1 Å². The average Bonchev–Trinajstić information content (AvgIpc) is 3.16. The lowest BCUT2D eigenvalue weighted by Gasteiger charge is -2.32. The van der Waals surface area contributed by atoms with Crippen molar-refractivity contribution >= 4 is 16.7 Å². The minimum Gasteiger partial charge on any atom is -0.348 e. The van der Waals surface area contributed by atoms with Crippen molar-refractivity contribution in [2.45, 2.75) is 18.5 Å². The Morgan fingerprint density at radius 1 is 0.880 bits per heavy atom. The molecule has 1 aliphatic rings. The molecule has 3 aromatic carbocycles. The third kappa shape index (κ3) is 2.38. The number of aromatic nitrogens is 3. The first-order chi connectivity index (χ1) is 12.4. The van der Waals surface area contributed by atoms with Crippen molar-refractivity contribution in [2.24, 2.45) is 0 Å². The molecule has 0 radical (unpaired) electrons. The van der Waals surface area contributed by atoms with E-state index in [9.17, 15) is 0 Å². The summed E-state index contributed by atoms with van der Waals surface area (Å²) in [7, 11) is 0. The number of fused-ring (bicyclic) bond motifs is 2. The number of hydrogen-bond acceptors (Lipinski definition) is 3. The van der Waals surface area contributed by atoms with Gasteiger partial charge in [0.05, 0.1) is 12.1 Å². The zero-order valence-corrected chi connectivity index (χ0v) is 13.7. The molecule has 0 unspecified atom stereocenters. The Bertz CT molecular complexity index is 1020. The highest BCUT2D eigenvalue weighted by atomic mass is 15.4. The molecule has 0 bridgehead atoms. The Balaban J connectivity index is 1.65. The van der Waals surface area contributed by atoms with E-state index in [1.165, 1.54) is 21.9 Å². The summed E-state index contributed by atoms with van der Waals surface area (Å²) < 4.78 is 2.02. The standard InChI is InChI=1S/C21H18N4/c1-2-8-16(9-3-1)19-13-20(25-21(24-19)22-14-23-25)18-12-6-10-15-7-4-5-11-17(15)18/h1-12,14,19-20H,13H2,(H,22,23,24)/t19-,20+/m0/s1. The fraction of sp³-hybridized carbons (Fsp3) is 0.143. The second-order valence-corrected chi connectivity index (χ2v) is 6.46. The van der Waals surface area contributed by atoms with E-state index in [0.717, 1.165) is 12.4 Å². The average molecular weight is 326 g/mol. The molecule has 1 aliphatic heterocycles. The van der Waals surface area contributed by atoms with E-state index in [4.69, 9.17) is 0 Å². The van der Waals surface area contributed by atoms with Gasteiger partial charge in [-0.15, -0.1) is 0 Å². The predicted octanol–water partition coefficient (Wildman–Crippen LogP) is 4.58. The summed E-state index contributed by atoms with van der Waals surface area (Å²) in [4.78, 5) is 4.43. The molecule has 25 heavy (non-hydrogen) atoms. The van der Waals surface area contributed by atoms with E-state index in [2.05, 4.69) is 88.2 Å². The normalized spacial score (nSPS) is 19.4. The smallest absolute Gasteiger partial charge is 0.222 e. The molecule has 0 fully saturated rings. The van der Waals surface area contributed by atoms with Gasteiger partial charge in [0.2, 0.25) is 5.95 Å².